The zero-order chi connectivity index (χ0) is 19.1. The third-order valence-corrected chi connectivity index (χ3v) is 4.24. The van der Waals surface area contributed by atoms with Crippen molar-refractivity contribution in [3.8, 4) is 5.75 Å². The van der Waals surface area contributed by atoms with E-state index < -0.39 is 16.4 Å². The first-order valence-corrected chi connectivity index (χ1v) is 8.16. The zero-order valence-corrected chi connectivity index (χ0v) is 14.8. The zero-order valence-electron chi connectivity index (χ0n) is 14.0. The van der Waals surface area contributed by atoms with Crippen molar-refractivity contribution in [2.24, 2.45) is 0 Å². The molecule has 0 spiro atoms. The van der Waals surface area contributed by atoms with Gasteiger partial charge in [-0.15, -0.1) is 0 Å². The molecule has 0 radical (unpaired) electrons. The number of carbonyl (C=O) groups excluding carboxylic acids is 2. The first-order chi connectivity index (χ1) is 12.2. The van der Waals surface area contributed by atoms with E-state index in [0.29, 0.717) is 17.0 Å². The Balaban J connectivity index is 1.85. The Bertz CT molecular complexity index is 939. The first kappa shape index (κ1) is 17.9. The molecule has 3 rings (SSSR count). The van der Waals surface area contributed by atoms with Crippen LogP contribution in [0.5, 0.6) is 5.75 Å². The van der Waals surface area contributed by atoms with Gasteiger partial charge in [0.2, 0.25) is 0 Å². The van der Waals surface area contributed by atoms with E-state index in [0.717, 1.165) is 6.07 Å². The average molecular weight is 375 g/mol. The van der Waals surface area contributed by atoms with Crippen molar-refractivity contribution in [2.45, 2.75) is 25.9 Å². The largest absolute Gasteiger partial charge is 0.487 e. The number of carbonyl (C=O) groups is 2. The van der Waals surface area contributed by atoms with Crippen molar-refractivity contribution < 1.29 is 19.2 Å². The summed E-state index contributed by atoms with van der Waals surface area (Å²) in [5.74, 6) is -0.157. The van der Waals surface area contributed by atoms with Crippen LogP contribution < -0.4 is 10.1 Å². The third-order valence-electron chi connectivity index (χ3n) is 3.92. The van der Waals surface area contributed by atoms with Crippen molar-refractivity contribution in [2.75, 3.05) is 5.32 Å². The van der Waals surface area contributed by atoms with Crippen molar-refractivity contribution in [3.63, 3.8) is 0 Å². The molecular weight excluding hydrogens is 360 g/mol. The quantitative estimate of drug-likeness (QED) is 0.639. The summed E-state index contributed by atoms with van der Waals surface area (Å²) in [5.41, 5.74) is -0.0535. The molecule has 0 saturated heterocycles. The molecule has 1 aliphatic heterocycles. The van der Waals surface area contributed by atoms with Crippen LogP contribution in [0.1, 0.15) is 41.0 Å². The van der Waals surface area contributed by atoms with Crippen molar-refractivity contribution in [1.82, 2.24) is 0 Å². The number of ether oxygens (including phenoxy) is 1. The van der Waals surface area contributed by atoms with Gasteiger partial charge in [-0.3, -0.25) is 19.7 Å². The topological polar surface area (TPSA) is 98.5 Å². The summed E-state index contributed by atoms with van der Waals surface area (Å²) in [6, 6.07) is 8.55. The molecule has 0 aromatic heterocycles. The standard InChI is InChI=1S/C18H15ClN2O5/c1-18(2)9-15(22)12-8-11(4-6-16(12)26-18)20-17(23)10-3-5-13(19)14(7-10)21(24)25/h3-8H,9H2,1-2H3,(H,20,23). The fourth-order valence-corrected chi connectivity index (χ4v) is 2.91. The Morgan fingerprint density at radius 3 is 2.69 bits per heavy atom. The lowest BCUT2D eigenvalue weighted by atomic mass is 9.93. The Morgan fingerprint density at radius 1 is 1.27 bits per heavy atom. The number of ketones is 1. The summed E-state index contributed by atoms with van der Waals surface area (Å²) < 4.78 is 5.77. The number of nitro groups is 1. The highest BCUT2D eigenvalue weighted by Crippen LogP contribution is 2.34. The maximum Gasteiger partial charge on any atom is 0.288 e. The number of nitro benzene ring substituents is 1. The smallest absolute Gasteiger partial charge is 0.288 e. The summed E-state index contributed by atoms with van der Waals surface area (Å²) in [7, 11) is 0. The molecule has 2 aromatic rings. The van der Waals surface area contributed by atoms with Gasteiger partial charge >= 0.3 is 0 Å². The Hall–Kier alpha value is -2.93. The van der Waals surface area contributed by atoms with Gasteiger partial charge in [0.05, 0.1) is 16.9 Å². The normalized spacial score (nSPS) is 15.0. The molecular formula is C18H15ClN2O5. The average Bonchev–Trinajstić information content (AvgIpc) is 2.54. The van der Waals surface area contributed by atoms with E-state index in [9.17, 15) is 19.7 Å². The minimum absolute atomic E-state index is 0.0503. The number of Topliss-reactive ketones (excluding diaryl/α,β-unsaturated/α-hetero) is 1. The second-order valence-corrected chi connectivity index (χ2v) is 6.96. The lowest BCUT2D eigenvalue weighted by Crippen LogP contribution is -2.35. The molecule has 2 aromatic carbocycles. The number of benzene rings is 2. The van der Waals surface area contributed by atoms with Crippen LogP contribution >= 0.6 is 11.6 Å². The minimum Gasteiger partial charge on any atom is -0.487 e. The lowest BCUT2D eigenvalue weighted by molar-refractivity contribution is -0.384. The fourth-order valence-electron chi connectivity index (χ4n) is 2.73. The van der Waals surface area contributed by atoms with Gasteiger partial charge < -0.3 is 10.1 Å². The number of rotatable bonds is 3. The SMILES string of the molecule is CC1(C)CC(=O)c2cc(NC(=O)c3ccc(Cl)c([N+](=O)[O-])c3)ccc2O1. The molecule has 0 bridgehead atoms. The summed E-state index contributed by atoms with van der Waals surface area (Å²) in [6.45, 7) is 3.66. The highest BCUT2D eigenvalue weighted by Gasteiger charge is 2.32. The molecule has 1 aliphatic rings. The van der Waals surface area contributed by atoms with Gasteiger partial charge in [0.25, 0.3) is 11.6 Å². The molecule has 26 heavy (non-hydrogen) atoms. The second-order valence-electron chi connectivity index (χ2n) is 6.55. The second kappa shape index (κ2) is 6.42. The van der Waals surface area contributed by atoms with E-state index in [4.69, 9.17) is 16.3 Å². The Labute approximate surface area is 154 Å². The van der Waals surface area contributed by atoms with E-state index >= 15 is 0 Å². The molecule has 1 amide bonds. The number of fused-ring (bicyclic) bond motifs is 1. The fraction of sp³-hybridized carbons (Fsp3) is 0.222. The lowest BCUT2D eigenvalue weighted by Gasteiger charge is -2.31. The number of hydrogen-bond acceptors (Lipinski definition) is 5. The number of hydrogen-bond donors (Lipinski definition) is 1. The molecule has 8 heteroatoms. The summed E-state index contributed by atoms with van der Waals surface area (Å²) in [4.78, 5) is 34.9. The van der Waals surface area contributed by atoms with Crippen LogP contribution in [0.4, 0.5) is 11.4 Å². The minimum atomic E-state index is -0.657. The van der Waals surface area contributed by atoms with E-state index in [1.165, 1.54) is 18.2 Å². The van der Waals surface area contributed by atoms with Gasteiger partial charge in [-0.2, -0.15) is 0 Å². The maximum atomic E-state index is 12.4. The van der Waals surface area contributed by atoms with Crippen molar-refractivity contribution in [1.29, 1.82) is 0 Å². The Kier molecular flexibility index (Phi) is 4.41. The molecule has 134 valence electrons. The first-order valence-electron chi connectivity index (χ1n) is 7.78. The summed E-state index contributed by atoms with van der Waals surface area (Å²) >= 11 is 5.75. The van der Waals surface area contributed by atoms with Crippen LogP contribution in [0.2, 0.25) is 5.02 Å². The highest BCUT2D eigenvalue weighted by atomic mass is 35.5. The van der Waals surface area contributed by atoms with Gasteiger partial charge in [0.15, 0.2) is 5.78 Å². The predicted molar refractivity (Wildman–Crippen MR) is 96.2 cm³/mol. The van der Waals surface area contributed by atoms with Crippen molar-refractivity contribution in [3.05, 3.63) is 62.7 Å². The van der Waals surface area contributed by atoms with Crippen LogP contribution in [0, 0.1) is 10.1 Å². The van der Waals surface area contributed by atoms with Gasteiger partial charge in [-0.05, 0) is 44.2 Å². The molecule has 1 heterocycles. The Morgan fingerprint density at radius 2 is 2.00 bits per heavy atom. The molecule has 7 nitrogen and oxygen atoms in total. The van der Waals surface area contributed by atoms with Crippen LogP contribution in [0.3, 0.4) is 0 Å². The predicted octanol–water partition coefficient (Wildman–Crippen LogP) is 4.24. The molecule has 0 fully saturated rings. The van der Waals surface area contributed by atoms with Gasteiger partial charge in [0.1, 0.15) is 16.4 Å². The van der Waals surface area contributed by atoms with Gasteiger partial charge in [-0.25, -0.2) is 0 Å². The van der Waals surface area contributed by atoms with Crippen LogP contribution in [-0.2, 0) is 0 Å². The van der Waals surface area contributed by atoms with Crippen LogP contribution in [-0.4, -0.2) is 22.2 Å². The maximum absolute atomic E-state index is 12.4. The number of amides is 1. The monoisotopic (exact) mass is 374 g/mol. The number of halogens is 1. The summed E-state index contributed by atoms with van der Waals surface area (Å²) in [6.07, 6.45) is 0.237. The summed E-state index contributed by atoms with van der Waals surface area (Å²) in [5, 5.41) is 13.5. The molecule has 0 aliphatic carbocycles. The number of nitrogens with one attached hydrogen (secondary N) is 1. The molecule has 0 saturated carbocycles. The number of nitrogens with zero attached hydrogens (tertiary/aromatic N) is 1. The van der Waals surface area contributed by atoms with E-state index in [1.54, 1.807) is 12.1 Å². The number of anilines is 1. The molecule has 0 atom stereocenters. The highest BCUT2D eigenvalue weighted by molar-refractivity contribution is 6.32. The van der Waals surface area contributed by atoms with E-state index in [-0.39, 0.29) is 28.5 Å². The molecule has 0 unspecified atom stereocenters. The van der Waals surface area contributed by atoms with Gasteiger partial charge in [-0.1, -0.05) is 11.6 Å². The van der Waals surface area contributed by atoms with E-state index in [1.807, 2.05) is 13.8 Å². The van der Waals surface area contributed by atoms with Gasteiger partial charge in [0, 0.05) is 17.3 Å². The molecule has 1 N–H and O–H groups in total. The van der Waals surface area contributed by atoms with Crippen LogP contribution in [0.15, 0.2) is 36.4 Å². The third kappa shape index (κ3) is 3.52. The van der Waals surface area contributed by atoms with Crippen LogP contribution in [0.25, 0.3) is 0 Å². The van der Waals surface area contributed by atoms with Crippen molar-refractivity contribution >= 4 is 34.7 Å². The van der Waals surface area contributed by atoms with E-state index in [2.05, 4.69) is 5.32 Å².